The van der Waals surface area contributed by atoms with Gasteiger partial charge in [-0.1, -0.05) is 46.1 Å². The van der Waals surface area contributed by atoms with Crippen LogP contribution in [-0.4, -0.2) is 20.6 Å². The Morgan fingerprint density at radius 2 is 1.78 bits per heavy atom. The van der Waals surface area contributed by atoms with Gasteiger partial charge in [0.25, 0.3) is 5.91 Å². The normalized spacial score (nSPS) is 11.5. The van der Waals surface area contributed by atoms with Gasteiger partial charge in [0.15, 0.2) is 5.06 Å². The zero-order valence-electron chi connectivity index (χ0n) is 16.1. The summed E-state index contributed by atoms with van der Waals surface area (Å²) < 4.78 is 32.5. The molecule has 0 unspecified atom stereocenters. The number of carbonyl (C=O) groups is 1. The van der Waals surface area contributed by atoms with E-state index in [0.29, 0.717) is 36.1 Å². The number of hydrogen-bond donors (Lipinski definition) is 2. The Kier molecular flexibility index (Phi) is 6.58. The zero-order chi connectivity index (χ0) is 23.0. The molecular weight excluding hydrogens is 535 g/mol. The van der Waals surface area contributed by atoms with Crippen LogP contribution in [0, 0.1) is 0 Å². The fourth-order valence-corrected chi connectivity index (χ4v) is 5.80. The average molecular weight is 548 g/mol. The molecule has 1 amide bonds. The molecule has 2 heterocycles. The standard InChI is InChI=1S/C20H13Cl3N2O4S3/c1-32(27,28)25-15-4-10-5-17(30-16(10)9-14(15)22)20(26)24-12-6-11(21)7-13(8-12)29-19-3-2-18(23)31-19/h2-9,25H,1H3,(H,24,26). The minimum Gasteiger partial charge on any atom is -0.447 e. The number of halogens is 3. The Morgan fingerprint density at radius 1 is 1.00 bits per heavy atom. The Morgan fingerprint density at radius 3 is 2.47 bits per heavy atom. The van der Waals surface area contributed by atoms with E-state index in [-0.39, 0.29) is 16.6 Å². The van der Waals surface area contributed by atoms with E-state index in [4.69, 9.17) is 39.5 Å². The molecule has 0 saturated carbocycles. The Balaban J connectivity index is 1.57. The molecule has 166 valence electrons. The minimum atomic E-state index is -3.49. The summed E-state index contributed by atoms with van der Waals surface area (Å²) in [5, 5.41) is 4.70. The summed E-state index contributed by atoms with van der Waals surface area (Å²) in [6, 6.07) is 13.2. The van der Waals surface area contributed by atoms with E-state index in [1.165, 1.54) is 22.7 Å². The summed E-state index contributed by atoms with van der Waals surface area (Å²) in [6.45, 7) is 0. The quantitative estimate of drug-likeness (QED) is 0.264. The molecule has 0 radical (unpaired) electrons. The molecule has 2 aromatic carbocycles. The highest BCUT2D eigenvalue weighted by atomic mass is 35.5. The van der Waals surface area contributed by atoms with Crippen molar-refractivity contribution in [1.29, 1.82) is 0 Å². The SMILES string of the molecule is CS(=O)(=O)Nc1cc2cc(C(=O)Nc3cc(Cl)cc(Oc4ccc(Cl)s4)c3)sc2cc1Cl. The van der Waals surface area contributed by atoms with Crippen LogP contribution in [0.4, 0.5) is 11.4 Å². The van der Waals surface area contributed by atoms with Crippen molar-refractivity contribution in [3.05, 3.63) is 67.8 Å². The van der Waals surface area contributed by atoms with Crippen LogP contribution in [-0.2, 0) is 10.0 Å². The number of nitrogens with one attached hydrogen (secondary N) is 2. The molecule has 0 atom stereocenters. The van der Waals surface area contributed by atoms with E-state index >= 15 is 0 Å². The van der Waals surface area contributed by atoms with E-state index in [0.717, 1.165) is 11.0 Å². The van der Waals surface area contributed by atoms with E-state index in [1.54, 1.807) is 48.5 Å². The van der Waals surface area contributed by atoms with Crippen molar-refractivity contribution >= 4 is 94.9 Å². The van der Waals surface area contributed by atoms with Gasteiger partial charge in [-0.3, -0.25) is 9.52 Å². The topological polar surface area (TPSA) is 84.5 Å². The van der Waals surface area contributed by atoms with Crippen molar-refractivity contribution in [2.24, 2.45) is 0 Å². The third kappa shape index (κ3) is 5.67. The van der Waals surface area contributed by atoms with Gasteiger partial charge in [0.05, 0.1) is 26.2 Å². The number of ether oxygens (including phenoxy) is 1. The molecule has 0 aliphatic heterocycles. The lowest BCUT2D eigenvalue weighted by atomic mass is 10.2. The number of rotatable bonds is 6. The third-order valence-electron chi connectivity index (χ3n) is 4.02. The van der Waals surface area contributed by atoms with Gasteiger partial charge >= 0.3 is 0 Å². The Bertz CT molecular complexity index is 1450. The van der Waals surface area contributed by atoms with Crippen LogP contribution in [0.5, 0.6) is 10.8 Å². The van der Waals surface area contributed by atoms with Crippen LogP contribution in [0.2, 0.25) is 14.4 Å². The van der Waals surface area contributed by atoms with Crippen LogP contribution in [0.3, 0.4) is 0 Å². The predicted octanol–water partition coefficient (Wildman–Crippen LogP) is 7.34. The summed E-state index contributed by atoms with van der Waals surface area (Å²) in [4.78, 5) is 13.2. The Hall–Kier alpha value is -2.01. The van der Waals surface area contributed by atoms with Crippen molar-refractivity contribution in [2.45, 2.75) is 0 Å². The lowest BCUT2D eigenvalue weighted by Crippen LogP contribution is -2.10. The predicted molar refractivity (Wildman–Crippen MR) is 134 cm³/mol. The number of hydrogen-bond acceptors (Lipinski definition) is 6. The number of sulfonamides is 1. The highest BCUT2D eigenvalue weighted by molar-refractivity contribution is 7.92. The molecule has 0 aliphatic rings. The molecule has 0 saturated heterocycles. The van der Waals surface area contributed by atoms with E-state index < -0.39 is 10.0 Å². The highest BCUT2D eigenvalue weighted by Gasteiger charge is 2.15. The summed E-state index contributed by atoms with van der Waals surface area (Å²) in [7, 11) is -3.49. The first-order valence-corrected chi connectivity index (χ1v) is 13.5. The van der Waals surface area contributed by atoms with Crippen LogP contribution in [0.25, 0.3) is 10.1 Å². The van der Waals surface area contributed by atoms with Crippen molar-refractivity contribution in [1.82, 2.24) is 0 Å². The van der Waals surface area contributed by atoms with Gasteiger partial charge < -0.3 is 10.1 Å². The average Bonchev–Trinajstić information content (AvgIpc) is 3.26. The van der Waals surface area contributed by atoms with Crippen molar-refractivity contribution in [3.8, 4) is 10.8 Å². The van der Waals surface area contributed by atoms with Gasteiger partial charge in [0.1, 0.15) is 5.75 Å². The minimum absolute atomic E-state index is 0.238. The van der Waals surface area contributed by atoms with Gasteiger partial charge in [-0.25, -0.2) is 8.42 Å². The van der Waals surface area contributed by atoms with Gasteiger partial charge in [-0.15, -0.1) is 11.3 Å². The van der Waals surface area contributed by atoms with Crippen molar-refractivity contribution < 1.29 is 17.9 Å². The fourth-order valence-electron chi connectivity index (χ4n) is 2.81. The van der Waals surface area contributed by atoms with Crippen molar-refractivity contribution in [3.63, 3.8) is 0 Å². The summed E-state index contributed by atoms with van der Waals surface area (Å²) in [5.74, 6) is 0.0956. The first-order chi connectivity index (χ1) is 15.1. The number of anilines is 2. The number of fused-ring (bicyclic) bond motifs is 1. The number of carbonyl (C=O) groups excluding carboxylic acids is 1. The van der Waals surface area contributed by atoms with Crippen LogP contribution in [0.1, 0.15) is 9.67 Å². The molecule has 0 aliphatic carbocycles. The molecule has 32 heavy (non-hydrogen) atoms. The maximum atomic E-state index is 12.8. The maximum absolute atomic E-state index is 12.8. The van der Waals surface area contributed by atoms with Gasteiger partial charge in [0.2, 0.25) is 10.0 Å². The number of thiophene rings is 2. The molecule has 4 rings (SSSR count). The molecule has 0 spiro atoms. The summed E-state index contributed by atoms with van der Waals surface area (Å²) in [6.07, 6.45) is 1.04. The van der Waals surface area contributed by atoms with E-state index in [1.807, 2.05) is 0 Å². The molecule has 12 heteroatoms. The monoisotopic (exact) mass is 546 g/mol. The lowest BCUT2D eigenvalue weighted by Gasteiger charge is -2.08. The van der Waals surface area contributed by atoms with Gasteiger partial charge in [-0.05, 0) is 47.9 Å². The van der Waals surface area contributed by atoms with E-state index in [9.17, 15) is 13.2 Å². The Labute approximate surface area is 206 Å². The second-order valence-electron chi connectivity index (χ2n) is 6.65. The van der Waals surface area contributed by atoms with Gasteiger partial charge in [-0.2, -0.15) is 0 Å². The summed E-state index contributed by atoms with van der Waals surface area (Å²) in [5.41, 5.74) is 0.701. The molecule has 6 nitrogen and oxygen atoms in total. The molecule has 2 N–H and O–H groups in total. The second kappa shape index (κ2) is 9.09. The molecule has 0 bridgehead atoms. The maximum Gasteiger partial charge on any atom is 0.265 e. The molecule has 0 fully saturated rings. The van der Waals surface area contributed by atoms with Gasteiger partial charge in [0, 0.05) is 21.5 Å². The van der Waals surface area contributed by atoms with Crippen LogP contribution >= 0.6 is 57.5 Å². The number of amides is 1. The molecular formula is C20H13Cl3N2O4S3. The largest absolute Gasteiger partial charge is 0.447 e. The first kappa shape index (κ1) is 23.2. The third-order valence-corrected chi connectivity index (χ3v) is 7.35. The molecule has 2 aromatic heterocycles. The highest BCUT2D eigenvalue weighted by Crippen LogP contribution is 2.36. The van der Waals surface area contributed by atoms with Crippen molar-refractivity contribution in [2.75, 3.05) is 16.3 Å². The molecule has 4 aromatic rings. The zero-order valence-corrected chi connectivity index (χ0v) is 20.8. The fraction of sp³-hybridized carbons (Fsp3) is 0.0500. The first-order valence-electron chi connectivity index (χ1n) is 8.82. The second-order valence-corrected chi connectivity index (χ2v) is 12.0. The smallest absolute Gasteiger partial charge is 0.265 e. The number of benzene rings is 2. The van der Waals surface area contributed by atoms with E-state index in [2.05, 4.69) is 10.0 Å². The lowest BCUT2D eigenvalue weighted by molar-refractivity contribution is 0.103. The summed E-state index contributed by atoms with van der Waals surface area (Å²) >= 11 is 20.8. The van der Waals surface area contributed by atoms with Crippen LogP contribution in [0.15, 0.2) is 48.5 Å². The van der Waals surface area contributed by atoms with Crippen LogP contribution < -0.4 is 14.8 Å².